The highest BCUT2D eigenvalue weighted by atomic mass is 32.2. The molecule has 0 aromatic heterocycles. The Kier molecular flexibility index (Phi) is 7.45. The van der Waals surface area contributed by atoms with Crippen LogP contribution in [0.25, 0.3) is 0 Å². The summed E-state index contributed by atoms with van der Waals surface area (Å²) in [7, 11) is 0. The SMILES string of the molecule is CSCCC(NC(=O)c1ccccc1)C(=O)N[C@@H](C)C(=O)O. The van der Waals surface area contributed by atoms with Crippen molar-refractivity contribution in [2.45, 2.75) is 25.4 Å². The van der Waals surface area contributed by atoms with Crippen molar-refractivity contribution >= 4 is 29.5 Å². The third kappa shape index (κ3) is 5.77. The molecule has 3 N–H and O–H groups in total. The van der Waals surface area contributed by atoms with E-state index in [2.05, 4.69) is 10.6 Å². The Morgan fingerprint density at radius 2 is 1.82 bits per heavy atom. The summed E-state index contributed by atoms with van der Waals surface area (Å²) in [6.45, 7) is 1.38. The average Bonchev–Trinajstić information content (AvgIpc) is 2.51. The predicted octanol–water partition coefficient (Wildman–Crippen LogP) is 1.13. The molecule has 1 rings (SSSR count). The highest BCUT2D eigenvalue weighted by Crippen LogP contribution is 2.04. The van der Waals surface area contributed by atoms with Crippen LogP contribution in [0.15, 0.2) is 30.3 Å². The standard InChI is InChI=1S/C15H20N2O4S/c1-10(15(20)21)16-14(19)12(8-9-22-2)17-13(18)11-6-4-3-5-7-11/h3-7,10,12H,8-9H2,1-2H3,(H,16,19)(H,17,18)(H,20,21)/t10-,12?/m0/s1. The molecule has 0 fully saturated rings. The number of aliphatic carboxylic acids is 1. The summed E-state index contributed by atoms with van der Waals surface area (Å²) in [5.74, 6) is -1.29. The minimum Gasteiger partial charge on any atom is -0.480 e. The van der Waals surface area contributed by atoms with Gasteiger partial charge in [-0.15, -0.1) is 0 Å². The van der Waals surface area contributed by atoms with Crippen molar-refractivity contribution in [1.29, 1.82) is 0 Å². The Hall–Kier alpha value is -2.02. The quantitative estimate of drug-likeness (QED) is 0.666. The fourth-order valence-corrected chi connectivity index (χ4v) is 2.18. The number of benzene rings is 1. The first-order valence-corrected chi connectivity index (χ1v) is 8.23. The second kappa shape index (κ2) is 9.09. The first-order chi connectivity index (χ1) is 10.5. The number of hydrogen-bond acceptors (Lipinski definition) is 4. The van der Waals surface area contributed by atoms with Crippen LogP contribution in [-0.4, -0.2) is 47.0 Å². The number of nitrogens with one attached hydrogen (secondary N) is 2. The van der Waals surface area contributed by atoms with Crippen molar-refractivity contribution in [3.05, 3.63) is 35.9 Å². The topological polar surface area (TPSA) is 95.5 Å². The molecule has 2 atom stereocenters. The molecular weight excluding hydrogens is 304 g/mol. The van der Waals surface area contributed by atoms with Gasteiger partial charge in [0.2, 0.25) is 5.91 Å². The van der Waals surface area contributed by atoms with Gasteiger partial charge in [0.25, 0.3) is 5.91 Å². The Morgan fingerprint density at radius 1 is 1.18 bits per heavy atom. The van der Waals surface area contributed by atoms with Gasteiger partial charge in [0, 0.05) is 5.56 Å². The molecule has 0 aliphatic rings. The number of rotatable bonds is 8. The van der Waals surface area contributed by atoms with E-state index >= 15 is 0 Å². The van der Waals surface area contributed by atoms with Crippen molar-refractivity contribution < 1.29 is 19.5 Å². The first-order valence-electron chi connectivity index (χ1n) is 6.83. The molecule has 0 spiro atoms. The minimum atomic E-state index is -1.12. The van der Waals surface area contributed by atoms with Crippen molar-refractivity contribution in [2.24, 2.45) is 0 Å². The molecule has 0 saturated carbocycles. The van der Waals surface area contributed by atoms with Crippen molar-refractivity contribution in [3.8, 4) is 0 Å². The van der Waals surface area contributed by atoms with E-state index in [9.17, 15) is 14.4 Å². The number of amides is 2. The average molecular weight is 324 g/mol. The maximum atomic E-state index is 12.1. The van der Waals surface area contributed by atoms with Crippen LogP contribution in [0.3, 0.4) is 0 Å². The molecule has 0 heterocycles. The minimum absolute atomic E-state index is 0.357. The van der Waals surface area contributed by atoms with E-state index in [4.69, 9.17) is 5.11 Å². The summed E-state index contributed by atoms with van der Waals surface area (Å²) in [4.78, 5) is 35.1. The number of hydrogen-bond donors (Lipinski definition) is 3. The Morgan fingerprint density at radius 3 is 2.36 bits per heavy atom. The normalized spacial score (nSPS) is 13.0. The van der Waals surface area contributed by atoms with Gasteiger partial charge in [-0.25, -0.2) is 0 Å². The zero-order valence-corrected chi connectivity index (χ0v) is 13.4. The lowest BCUT2D eigenvalue weighted by molar-refractivity contribution is -0.141. The largest absolute Gasteiger partial charge is 0.480 e. The van der Waals surface area contributed by atoms with Gasteiger partial charge in [0.1, 0.15) is 12.1 Å². The smallest absolute Gasteiger partial charge is 0.325 e. The maximum absolute atomic E-state index is 12.1. The number of carbonyl (C=O) groups is 3. The van der Waals surface area contributed by atoms with Gasteiger partial charge in [-0.2, -0.15) is 11.8 Å². The maximum Gasteiger partial charge on any atom is 0.325 e. The first kappa shape index (κ1) is 18.0. The molecule has 0 radical (unpaired) electrons. The van der Waals surface area contributed by atoms with Crippen LogP contribution >= 0.6 is 11.8 Å². The lowest BCUT2D eigenvalue weighted by Crippen LogP contribution is -2.51. The van der Waals surface area contributed by atoms with Gasteiger partial charge in [-0.1, -0.05) is 18.2 Å². The Labute approximate surface area is 133 Å². The summed E-state index contributed by atoms with van der Waals surface area (Å²) in [6.07, 6.45) is 2.33. The fraction of sp³-hybridized carbons (Fsp3) is 0.400. The summed E-state index contributed by atoms with van der Waals surface area (Å²) < 4.78 is 0. The molecule has 2 amide bonds. The Balaban J connectivity index is 2.73. The molecule has 1 aromatic rings. The van der Waals surface area contributed by atoms with Crippen LogP contribution in [-0.2, 0) is 9.59 Å². The van der Waals surface area contributed by atoms with Gasteiger partial charge >= 0.3 is 5.97 Å². The van der Waals surface area contributed by atoms with Crippen LogP contribution in [0.5, 0.6) is 0 Å². The highest BCUT2D eigenvalue weighted by Gasteiger charge is 2.24. The molecule has 0 bridgehead atoms. The molecule has 0 aliphatic carbocycles. The van der Waals surface area contributed by atoms with E-state index < -0.39 is 24.0 Å². The van der Waals surface area contributed by atoms with Crippen LogP contribution in [0.2, 0.25) is 0 Å². The van der Waals surface area contributed by atoms with Gasteiger partial charge in [0.15, 0.2) is 0 Å². The second-order valence-electron chi connectivity index (χ2n) is 4.74. The van der Waals surface area contributed by atoms with E-state index in [0.717, 1.165) is 0 Å². The summed E-state index contributed by atoms with van der Waals surface area (Å²) in [5.41, 5.74) is 0.454. The molecule has 7 heteroatoms. The van der Waals surface area contributed by atoms with E-state index in [0.29, 0.717) is 17.7 Å². The van der Waals surface area contributed by atoms with E-state index in [1.54, 1.807) is 42.1 Å². The fourth-order valence-electron chi connectivity index (χ4n) is 1.71. The number of carboxylic acid groups (broad SMARTS) is 1. The number of thioether (sulfide) groups is 1. The van der Waals surface area contributed by atoms with Gasteiger partial charge < -0.3 is 15.7 Å². The summed E-state index contributed by atoms with van der Waals surface area (Å²) in [5, 5.41) is 13.9. The lowest BCUT2D eigenvalue weighted by atomic mass is 10.1. The van der Waals surface area contributed by atoms with Crippen LogP contribution in [0.1, 0.15) is 23.7 Å². The summed E-state index contributed by atoms with van der Waals surface area (Å²) in [6, 6.07) is 6.80. The molecular formula is C15H20N2O4S. The van der Waals surface area contributed by atoms with Crippen molar-refractivity contribution in [2.75, 3.05) is 12.0 Å². The van der Waals surface area contributed by atoms with Crippen molar-refractivity contribution in [1.82, 2.24) is 10.6 Å². The van der Waals surface area contributed by atoms with Crippen molar-refractivity contribution in [3.63, 3.8) is 0 Å². The Bertz CT molecular complexity index is 522. The molecule has 0 saturated heterocycles. The summed E-state index contributed by atoms with van der Waals surface area (Å²) >= 11 is 1.55. The zero-order valence-electron chi connectivity index (χ0n) is 12.5. The molecule has 1 unspecified atom stereocenters. The lowest BCUT2D eigenvalue weighted by Gasteiger charge is -2.19. The molecule has 6 nitrogen and oxygen atoms in total. The molecule has 120 valence electrons. The van der Waals surface area contributed by atoms with E-state index in [1.165, 1.54) is 6.92 Å². The third-order valence-corrected chi connectivity index (χ3v) is 3.64. The van der Waals surface area contributed by atoms with Crippen LogP contribution < -0.4 is 10.6 Å². The van der Waals surface area contributed by atoms with E-state index in [-0.39, 0.29) is 5.91 Å². The predicted molar refractivity (Wildman–Crippen MR) is 85.9 cm³/mol. The van der Waals surface area contributed by atoms with Gasteiger partial charge in [0.05, 0.1) is 0 Å². The molecule has 0 aliphatic heterocycles. The third-order valence-electron chi connectivity index (χ3n) is 3.00. The molecule has 22 heavy (non-hydrogen) atoms. The molecule has 1 aromatic carbocycles. The number of carbonyl (C=O) groups excluding carboxylic acids is 2. The van der Waals surface area contributed by atoms with Gasteiger partial charge in [-0.3, -0.25) is 14.4 Å². The van der Waals surface area contributed by atoms with E-state index in [1.807, 2.05) is 6.26 Å². The number of carboxylic acids is 1. The van der Waals surface area contributed by atoms with Crippen LogP contribution in [0, 0.1) is 0 Å². The zero-order chi connectivity index (χ0) is 16.5. The highest BCUT2D eigenvalue weighted by molar-refractivity contribution is 7.98. The van der Waals surface area contributed by atoms with Crippen LogP contribution in [0.4, 0.5) is 0 Å². The monoisotopic (exact) mass is 324 g/mol. The second-order valence-corrected chi connectivity index (χ2v) is 5.73. The van der Waals surface area contributed by atoms with Gasteiger partial charge in [-0.05, 0) is 37.5 Å².